The number of likely N-dealkylation sites (tertiary alicyclic amines) is 1. The van der Waals surface area contributed by atoms with Gasteiger partial charge in [-0.3, -0.25) is 48.4 Å². The molecule has 0 aliphatic carbocycles. The fraction of sp³-hybridized carbons (Fsp3) is 0.646. The van der Waals surface area contributed by atoms with Gasteiger partial charge in [0, 0.05) is 115 Å². The molecule has 1 unspecified atom stereocenters. The lowest BCUT2D eigenvalue weighted by atomic mass is 9.86. The van der Waals surface area contributed by atoms with Gasteiger partial charge >= 0.3 is 11.9 Å². The molecular formula is C65H98N11O15S-3. The normalized spacial score (nSPS) is 17.9. The van der Waals surface area contributed by atoms with Crippen LogP contribution in [0.4, 0.5) is 5.69 Å². The first kappa shape index (κ1) is 77.4. The van der Waals surface area contributed by atoms with Gasteiger partial charge in [0.2, 0.25) is 23.6 Å². The maximum Gasteiger partial charge on any atom is 0.326 e. The molecule has 0 aromatic heterocycles. The average molecular weight is 1310 g/mol. The molecule has 2 saturated heterocycles. The van der Waals surface area contributed by atoms with Crippen LogP contribution >= 0.6 is 12.2 Å². The Morgan fingerprint density at radius 3 is 1.67 bits per heavy atom. The number of carbonyl (C=O) groups excluding carboxylic acids is 8. The number of hydrogen-bond acceptors (Lipinski definition) is 20. The SMILES string of the molecule is CC[C@H](C)[C@H](NC(=O)[C@@H](CC(=S)Nc1ccc(CCC(C(=O)O)N2CCN(CC(=O)[O-])CCN(CC(=O)[O-])CCN(CC(=O)[O-])CC2)cc1)CC(C)C)C(=O)C[C@@H](CCCCN)C(=O)N[C@@H](CCCCN)C(=O)N1CCC[C@H]1C(=O)N[C@@H](Cc1ccccc1)C(=O)O. The van der Waals surface area contributed by atoms with Crippen LogP contribution in [0.25, 0.3) is 0 Å². The predicted molar refractivity (Wildman–Crippen MR) is 343 cm³/mol. The zero-order valence-corrected chi connectivity index (χ0v) is 54.7. The van der Waals surface area contributed by atoms with Crippen LogP contribution in [-0.2, 0) is 60.8 Å². The molecule has 0 saturated carbocycles. The number of nitrogens with one attached hydrogen (secondary N) is 4. The third-order valence-corrected chi connectivity index (χ3v) is 17.4. The number of aryl methyl sites for hydroxylation is 1. The minimum atomic E-state index is -1.36. The number of benzene rings is 2. The van der Waals surface area contributed by atoms with Crippen molar-refractivity contribution in [2.45, 2.75) is 154 Å². The molecule has 27 heteroatoms. The fourth-order valence-corrected chi connectivity index (χ4v) is 12.2. The van der Waals surface area contributed by atoms with Gasteiger partial charge in [-0.1, -0.05) is 95.2 Å². The van der Waals surface area contributed by atoms with E-state index in [1.165, 1.54) is 9.80 Å². The molecule has 2 heterocycles. The Labute approximate surface area is 545 Å². The maximum atomic E-state index is 14.6. The molecule has 4 rings (SSSR count). The van der Waals surface area contributed by atoms with Gasteiger partial charge in [-0.25, -0.2) is 4.79 Å². The summed E-state index contributed by atoms with van der Waals surface area (Å²) in [6.07, 6.45) is 4.55. The minimum absolute atomic E-state index is 0.0335. The van der Waals surface area contributed by atoms with Gasteiger partial charge in [-0.2, -0.15) is 0 Å². The number of Topliss-reactive ketones (excluding diaryl/α,β-unsaturated/α-hetero) is 1. The Balaban J connectivity index is 1.45. The summed E-state index contributed by atoms with van der Waals surface area (Å²) in [5.74, 6) is -10.7. The van der Waals surface area contributed by atoms with Crippen molar-refractivity contribution < 1.29 is 73.5 Å². The first-order valence-corrected chi connectivity index (χ1v) is 32.8. The van der Waals surface area contributed by atoms with Gasteiger partial charge in [0.1, 0.15) is 24.2 Å². The monoisotopic (exact) mass is 1300 g/mol. The van der Waals surface area contributed by atoms with Gasteiger partial charge in [-0.15, -0.1) is 0 Å². The molecule has 4 amide bonds. The average Bonchev–Trinajstić information content (AvgIpc) is 1.63. The third kappa shape index (κ3) is 27.7. The van der Waals surface area contributed by atoms with E-state index in [-0.39, 0.29) is 121 Å². The van der Waals surface area contributed by atoms with Crippen molar-refractivity contribution >= 4 is 82.2 Å². The summed E-state index contributed by atoms with van der Waals surface area (Å²) in [5, 5.41) is 67.3. The molecule has 2 aliphatic rings. The van der Waals surface area contributed by atoms with Crippen LogP contribution in [0.15, 0.2) is 54.6 Å². The maximum absolute atomic E-state index is 14.6. The van der Waals surface area contributed by atoms with E-state index in [2.05, 4.69) is 21.3 Å². The van der Waals surface area contributed by atoms with Gasteiger partial charge in [-0.05, 0) is 112 Å². The second-order valence-electron chi connectivity index (χ2n) is 24.8. The molecule has 2 aromatic rings. The van der Waals surface area contributed by atoms with Crippen LogP contribution in [-0.4, -0.2) is 221 Å². The summed E-state index contributed by atoms with van der Waals surface area (Å²) in [6.45, 7) is 7.98. The highest BCUT2D eigenvalue weighted by atomic mass is 32.1. The largest absolute Gasteiger partial charge is 0.549 e. The van der Waals surface area contributed by atoms with Crippen LogP contribution in [0, 0.1) is 23.7 Å². The van der Waals surface area contributed by atoms with E-state index in [0.717, 1.165) is 5.56 Å². The molecule has 512 valence electrons. The predicted octanol–water partition coefficient (Wildman–Crippen LogP) is -1.01. The lowest BCUT2D eigenvalue weighted by Gasteiger charge is -2.36. The molecule has 2 aromatic carbocycles. The highest BCUT2D eigenvalue weighted by Gasteiger charge is 2.40. The molecule has 0 radical (unpaired) electrons. The number of hydrogen-bond donors (Lipinski definition) is 8. The number of rotatable bonds is 39. The van der Waals surface area contributed by atoms with E-state index in [0.29, 0.717) is 80.7 Å². The van der Waals surface area contributed by atoms with Crippen LogP contribution < -0.4 is 48.1 Å². The number of ketones is 1. The Hall–Kier alpha value is -7.01. The van der Waals surface area contributed by atoms with Crippen LogP contribution in [0.2, 0.25) is 0 Å². The summed E-state index contributed by atoms with van der Waals surface area (Å²) in [4.78, 5) is 140. The number of thiocarbonyl (C=S) groups is 1. The summed E-state index contributed by atoms with van der Waals surface area (Å²) >= 11 is 5.84. The first-order chi connectivity index (χ1) is 43.8. The zero-order valence-electron chi connectivity index (χ0n) is 53.9. The van der Waals surface area contributed by atoms with Crippen LogP contribution in [0.3, 0.4) is 0 Å². The molecular weight excluding hydrogens is 1210 g/mol. The molecule has 10 N–H and O–H groups in total. The lowest BCUT2D eigenvalue weighted by Crippen LogP contribution is -2.56. The van der Waals surface area contributed by atoms with Crippen molar-refractivity contribution in [3.05, 3.63) is 65.7 Å². The minimum Gasteiger partial charge on any atom is -0.549 e. The van der Waals surface area contributed by atoms with Crippen molar-refractivity contribution in [2.75, 3.05) is 96.9 Å². The first-order valence-electron chi connectivity index (χ1n) is 32.4. The lowest BCUT2D eigenvalue weighted by molar-refractivity contribution is -0.308. The highest BCUT2D eigenvalue weighted by molar-refractivity contribution is 7.80. The number of amides is 4. The number of carbonyl (C=O) groups is 10. The molecule has 0 bridgehead atoms. The molecule has 0 spiro atoms. The Morgan fingerprint density at radius 1 is 0.620 bits per heavy atom. The van der Waals surface area contributed by atoms with Crippen molar-refractivity contribution in [1.29, 1.82) is 0 Å². The molecule has 2 aliphatic heterocycles. The number of aliphatic carboxylic acids is 5. The number of unbranched alkanes of at least 4 members (excludes halogenated alkanes) is 2. The van der Waals surface area contributed by atoms with Crippen LogP contribution in [0.5, 0.6) is 0 Å². The van der Waals surface area contributed by atoms with E-state index in [1.54, 1.807) is 57.2 Å². The number of nitrogens with two attached hydrogens (primary N) is 2. The van der Waals surface area contributed by atoms with Gasteiger partial charge in [0.25, 0.3) is 0 Å². The number of anilines is 1. The van der Waals surface area contributed by atoms with Gasteiger partial charge < -0.3 is 77.6 Å². The molecule has 8 atom stereocenters. The summed E-state index contributed by atoms with van der Waals surface area (Å²) in [5.41, 5.74) is 13.8. The number of carboxylic acids is 5. The second-order valence-corrected chi connectivity index (χ2v) is 25.3. The molecule has 26 nitrogen and oxygen atoms in total. The standard InChI is InChI=1S/C65H101N11O15S/c1-5-44(4)59(54(77)38-47(16-9-11-25-66)60(84)69-50(17-10-12-26-67)63(87)76-27-13-18-52(76)62(86)70-51(64(88)89)37-46-14-7-6-8-15-46)71-61(85)48(36-43(2)3)39-55(92)68-49-22-19-45(20-23-49)21-24-53(65(90)91)75-34-32-73(41-57(80)81)30-28-72(40-56(78)79)29-31-74(33-35-75)42-58(82)83/h6-8,14-15,19-20,22-23,43-44,47-48,50-53,59H,5,9-13,16-18,21,24-42,66-67H2,1-4H3,(H,68,92)(H,69,84)(H,70,86)(H,71,85)(H,78,79)(H,80,81)(H,82,83)(H,88,89)(H,90,91)/p-3/t44-,47+,48+,50-,51-,52-,53?,59-/m0/s1. The van der Waals surface area contributed by atoms with Gasteiger partial charge in [0.15, 0.2) is 5.78 Å². The third-order valence-electron chi connectivity index (χ3n) is 17.1. The van der Waals surface area contributed by atoms with E-state index >= 15 is 0 Å². The van der Waals surface area contributed by atoms with Crippen molar-refractivity contribution in [1.82, 2.24) is 40.4 Å². The summed E-state index contributed by atoms with van der Waals surface area (Å²) < 4.78 is 0. The fourth-order valence-electron chi connectivity index (χ4n) is 11.8. The van der Waals surface area contributed by atoms with Crippen molar-refractivity contribution in [3.63, 3.8) is 0 Å². The van der Waals surface area contributed by atoms with E-state index in [1.807, 2.05) is 39.8 Å². The Bertz CT molecular complexity index is 2700. The van der Waals surface area contributed by atoms with Crippen molar-refractivity contribution in [3.8, 4) is 0 Å². The second kappa shape index (κ2) is 40.9. The topological polar surface area (TPSA) is 397 Å². The molecule has 2 fully saturated rings. The van der Waals surface area contributed by atoms with Gasteiger partial charge in [0.05, 0.1) is 28.9 Å². The Kier molecular flexibility index (Phi) is 34.4. The quantitative estimate of drug-likeness (QED) is 0.0294. The highest BCUT2D eigenvalue weighted by Crippen LogP contribution is 2.25. The summed E-state index contributed by atoms with van der Waals surface area (Å²) in [6, 6.07) is 10.7. The number of nitrogens with zero attached hydrogens (tertiary/aromatic N) is 5. The summed E-state index contributed by atoms with van der Waals surface area (Å²) in [7, 11) is 0. The smallest absolute Gasteiger partial charge is 0.326 e. The molecule has 92 heavy (non-hydrogen) atoms. The number of carboxylic acid groups (broad SMARTS) is 5. The zero-order chi connectivity index (χ0) is 67.9. The Morgan fingerprint density at radius 2 is 1.16 bits per heavy atom. The van der Waals surface area contributed by atoms with Crippen LogP contribution in [0.1, 0.15) is 122 Å². The van der Waals surface area contributed by atoms with Crippen molar-refractivity contribution in [2.24, 2.45) is 35.1 Å². The van der Waals surface area contributed by atoms with E-state index in [4.69, 9.17) is 23.7 Å². The van der Waals surface area contributed by atoms with E-state index < -0.39 is 115 Å². The van der Waals surface area contributed by atoms with E-state index in [9.17, 15) is 73.5 Å².